The molecule has 0 aromatic heterocycles. The van der Waals surface area contributed by atoms with E-state index in [1.807, 2.05) is 0 Å². The number of halogens is 1. The third-order valence-corrected chi connectivity index (χ3v) is 10.8. The summed E-state index contributed by atoms with van der Waals surface area (Å²) >= 11 is 2.43. The molecule has 0 N–H and O–H groups in total. The number of rotatable bonds is 9. The topological polar surface area (TPSA) is 9.23 Å². The van der Waals surface area contributed by atoms with E-state index >= 15 is 0 Å². The van der Waals surface area contributed by atoms with E-state index < -0.39 is 8.32 Å². The van der Waals surface area contributed by atoms with Crippen molar-refractivity contribution >= 4 is 41.3 Å². The summed E-state index contributed by atoms with van der Waals surface area (Å²) in [4.78, 5) is 0. The summed E-state index contributed by atoms with van der Waals surface area (Å²) in [5.41, 5.74) is 1.43. The minimum Gasteiger partial charge on any atom is -0.407 e. The average molecular weight is 519 g/mol. The van der Waals surface area contributed by atoms with Gasteiger partial charge in [0.05, 0.1) is 0 Å². The molecule has 0 heterocycles. The molecule has 0 radical (unpaired) electrons. The van der Waals surface area contributed by atoms with Gasteiger partial charge >= 0.3 is 0 Å². The lowest BCUT2D eigenvalue weighted by atomic mass is 10.1. The normalized spacial score (nSPS) is 14.3. The molecule has 29 heavy (non-hydrogen) atoms. The van der Waals surface area contributed by atoms with E-state index in [0.29, 0.717) is 5.92 Å². The first-order chi connectivity index (χ1) is 13.8. The van der Waals surface area contributed by atoms with Crippen LogP contribution < -0.4 is 10.4 Å². The smallest absolute Gasteiger partial charge is 0.261 e. The summed E-state index contributed by atoms with van der Waals surface area (Å²) in [6.45, 7) is 12.2. The van der Waals surface area contributed by atoms with Gasteiger partial charge in [-0.2, -0.15) is 0 Å². The molecule has 2 rings (SSSR count). The first-order valence-corrected chi connectivity index (χ1v) is 13.9. The predicted molar refractivity (Wildman–Crippen MR) is 139 cm³/mol. The monoisotopic (exact) mass is 518 g/mol. The van der Waals surface area contributed by atoms with Crippen LogP contribution in [0.2, 0.25) is 5.04 Å². The van der Waals surface area contributed by atoms with Crippen LogP contribution in [0.15, 0.2) is 84.5 Å². The van der Waals surface area contributed by atoms with E-state index in [1.54, 1.807) is 0 Å². The van der Waals surface area contributed by atoms with Gasteiger partial charge in [0.15, 0.2) is 0 Å². The molecule has 0 aliphatic rings. The molecule has 0 bridgehead atoms. The molecule has 3 heteroatoms. The quantitative estimate of drug-likeness (QED) is 0.159. The molecule has 0 fully saturated rings. The van der Waals surface area contributed by atoms with Gasteiger partial charge < -0.3 is 4.43 Å². The van der Waals surface area contributed by atoms with Crippen LogP contribution in [-0.4, -0.2) is 19.4 Å². The zero-order valence-corrected chi connectivity index (χ0v) is 21.6. The Bertz CT molecular complexity index is 751. The number of benzene rings is 2. The van der Waals surface area contributed by atoms with E-state index in [9.17, 15) is 0 Å². The SMILES string of the molecule is C/C(=C\C=C\[C@@H](C)CO[Si](c1ccccc1)(c1ccccc1)C(C)(C)C)CCI. The highest BCUT2D eigenvalue weighted by molar-refractivity contribution is 14.1. The molecule has 1 atom stereocenters. The summed E-state index contributed by atoms with van der Waals surface area (Å²) < 4.78 is 8.17. The fraction of sp³-hybridized carbons (Fsp3) is 0.385. The van der Waals surface area contributed by atoms with Gasteiger partial charge in [-0.05, 0) is 34.7 Å². The van der Waals surface area contributed by atoms with Gasteiger partial charge in [-0.25, -0.2) is 0 Å². The van der Waals surface area contributed by atoms with Crippen LogP contribution in [0.4, 0.5) is 0 Å². The Balaban J connectivity index is 2.34. The minimum atomic E-state index is -2.44. The van der Waals surface area contributed by atoms with Gasteiger partial charge in [0.25, 0.3) is 8.32 Å². The lowest BCUT2D eigenvalue weighted by molar-refractivity contribution is 0.268. The van der Waals surface area contributed by atoms with Crippen molar-refractivity contribution in [1.29, 1.82) is 0 Å². The van der Waals surface area contributed by atoms with Crippen LogP contribution in [-0.2, 0) is 4.43 Å². The maximum atomic E-state index is 7.00. The molecule has 156 valence electrons. The van der Waals surface area contributed by atoms with Crippen molar-refractivity contribution in [2.75, 3.05) is 11.0 Å². The second-order valence-electron chi connectivity index (χ2n) is 8.79. The van der Waals surface area contributed by atoms with Crippen LogP contribution in [0.5, 0.6) is 0 Å². The molecule has 0 spiro atoms. The van der Waals surface area contributed by atoms with Gasteiger partial charge in [-0.3, -0.25) is 0 Å². The molecule has 0 unspecified atom stereocenters. The highest BCUT2D eigenvalue weighted by Gasteiger charge is 2.50. The van der Waals surface area contributed by atoms with Crippen molar-refractivity contribution in [3.63, 3.8) is 0 Å². The first kappa shape index (κ1) is 24.1. The number of alkyl halides is 1. The van der Waals surface area contributed by atoms with E-state index in [1.165, 1.54) is 20.4 Å². The molecule has 1 nitrogen and oxygen atoms in total. The second-order valence-corrected chi connectivity index (χ2v) is 14.2. The fourth-order valence-electron chi connectivity index (χ4n) is 3.72. The maximum Gasteiger partial charge on any atom is 0.261 e. The van der Waals surface area contributed by atoms with Gasteiger partial charge in [-0.1, -0.05) is 135 Å². The van der Waals surface area contributed by atoms with Gasteiger partial charge in [-0.15, -0.1) is 0 Å². The van der Waals surface area contributed by atoms with Crippen molar-refractivity contribution in [1.82, 2.24) is 0 Å². The molecule has 0 aliphatic heterocycles. The second kappa shape index (κ2) is 11.3. The Kier molecular flexibility index (Phi) is 9.38. The summed E-state index contributed by atoms with van der Waals surface area (Å²) in [7, 11) is -2.44. The summed E-state index contributed by atoms with van der Waals surface area (Å²) in [5.74, 6) is 0.361. The Hall–Kier alpha value is -1.17. The largest absolute Gasteiger partial charge is 0.407 e. The van der Waals surface area contributed by atoms with Gasteiger partial charge in [0.1, 0.15) is 0 Å². The zero-order chi connectivity index (χ0) is 21.3. The van der Waals surface area contributed by atoms with Crippen molar-refractivity contribution in [2.45, 2.75) is 46.1 Å². The maximum absolute atomic E-state index is 7.00. The zero-order valence-electron chi connectivity index (χ0n) is 18.5. The molecule has 2 aromatic rings. The molecule has 2 aromatic carbocycles. The molecule has 0 saturated heterocycles. The molecule has 0 saturated carbocycles. The Morgan fingerprint density at radius 2 is 1.52 bits per heavy atom. The fourth-order valence-corrected chi connectivity index (χ4v) is 9.23. The van der Waals surface area contributed by atoms with Crippen LogP contribution >= 0.6 is 22.6 Å². The van der Waals surface area contributed by atoms with E-state index in [4.69, 9.17) is 4.43 Å². The highest BCUT2D eigenvalue weighted by Crippen LogP contribution is 2.37. The Labute approximate surface area is 192 Å². The first-order valence-electron chi connectivity index (χ1n) is 10.5. The van der Waals surface area contributed by atoms with Crippen molar-refractivity contribution in [3.05, 3.63) is 84.5 Å². The lowest BCUT2D eigenvalue weighted by Crippen LogP contribution is -2.66. The highest BCUT2D eigenvalue weighted by atomic mass is 127. The number of allylic oxidation sites excluding steroid dienone is 3. The van der Waals surface area contributed by atoms with Crippen LogP contribution in [0.25, 0.3) is 0 Å². The van der Waals surface area contributed by atoms with E-state index in [-0.39, 0.29) is 5.04 Å². The van der Waals surface area contributed by atoms with Crippen LogP contribution in [0.3, 0.4) is 0 Å². The van der Waals surface area contributed by atoms with Crippen LogP contribution in [0.1, 0.15) is 41.0 Å². The Morgan fingerprint density at radius 3 is 1.97 bits per heavy atom. The van der Waals surface area contributed by atoms with E-state index in [2.05, 4.69) is 136 Å². The molecule has 0 aliphatic carbocycles. The third kappa shape index (κ3) is 6.40. The standard InChI is InChI=1S/C26H35IOSi/c1-22(19-20-27)13-12-14-23(2)21-28-29(26(3,4)5,24-15-8-6-9-16-24)25-17-10-7-11-18-25/h6-18,23H,19-21H2,1-5H3/b14-12+,22-13+/t23-/m1/s1. The summed E-state index contributed by atoms with van der Waals surface area (Å²) in [6, 6.07) is 21.7. The van der Waals surface area contributed by atoms with Gasteiger partial charge in [0, 0.05) is 11.0 Å². The number of hydrogen-bond donors (Lipinski definition) is 0. The third-order valence-electron chi connectivity index (χ3n) is 5.29. The lowest BCUT2D eigenvalue weighted by Gasteiger charge is -2.43. The van der Waals surface area contributed by atoms with Crippen molar-refractivity contribution in [2.24, 2.45) is 5.92 Å². The molecular weight excluding hydrogens is 483 g/mol. The van der Waals surface area contributed by atoms with Crippen molar-refractivity contribution in [3.8, 4) is 0 Å². The molecular formula is C26H35IOSi. The van der Waals surface area contributed by atoms with Crippen LogP contribution in [0, 0.1) is 5.92 Å². The summed E-state index contributed by atoms with van der Waals surface area (Å²) in [5, 5.41) is 2.70. The minimum absolute atomic E-state index is 0.0237. The van der Waals surface area contributed by atoms with Gasteiger partial charge in [0.2, 0.25) is 0 Å². The summed E-state index contributed by atoms with van der Waals surface area (Å²) in [6.07, 6.45) is 7.85. The van der Waals surface area contributed by atoms with Crippen molar-refractivity contribution < 1.29 is 4.43 Å². The van der Waals surface area contributed by atoms with E-state index in [0.717, 1.165) is 13.0 Å². The molecule has 0 amide bonds. The Morgan fingerprint density at radius 1 is 1.00 bits per heavy atom. The predicted octanol–water partition coefficient (Wildman–Crippen LogP) is 6.53. The average Bonchev–Trinajstić information content (AvgIpc) is 2.69. The number of hydrogen-bond acceptors (Lipinski definition) is 1.